The molecule has 4 aliphatic rings. The number of benzene rings is 1. The van der Waals surface area contributed by atoms with E-state index >= 15 is 0 Å². The van der Waals surface area contributed by atoms with Gasteiger partial charge in [-0.1, -0.05) is 12.1 Å². The van der Waals surface area contributed by atoms with Crippen LogP contribution in [0.5, 0.6) is 0 Å². The van der Waals surface area contributed by atoms with E-state index in [1.165, 1.54) is 0 Å². The van der Waals surface area contributed by atoms with Crippen LogP contribution in [-0.4, -0.2) is 53.2 Å². The molecule has 3 fully saturated rings. The van der Waals surface area contributed by atoms with Gasteiger partial charge >= 0.3 is 0 Å². The van der Waals surface area contributed by atoms with Crippen molar-refractivity contribution in [3.8, 4) is 0 Å². The highest BCUT2D eigenvalue weighted by molar-refractivity contribution is 8.01. The Labute approximate surface area is 169 Å². The molecule has 0 aliphatic carbocycles. The minimum Gasteiger partial charge on any atom is -0.348 e. The van der Waals surface area contributed by atoms with E-state index in [9.17, 15) is 0 Å². The quantitative estimate of drug-likeness (QED) is 0.703. The Morgan fingerprint density at radius 2 is 1.79 bits per heavy atom. The molecule has 152 valence electrons. The van der Waals surface area contributed by atoms with E-state index in [2.05, 4.69) is 19.1 Å². The van der Waals surface area contributed by atoms with Crippen molar-refractivity contribution >= 4 is 23.2 Å². The average molecular weight is 406 g/mol. The number of aliphatic imine (C=N–C) groups is 1. The highest BCUT2D eigenvalue weighted by atomic mass is 32.2. The average Bonchev–Trinajstić information content (AvgIpc) is 3.15. The van der Waals surface area contributed by atoms with Gasteiger partial charge in [0, 0.05) is 17.0 Å². The zero-order valence-electron chi connectivity index (χ0n) is 16.9. The van der Waals surface area contributed by atoms with E-state index in [1.807, 2.05) is 39.8 Å². The first kappa shape index (κ1) is 19.0. The summed E-state index contributed by atoms with van der Waals surface area (Å²) in [5, 5.41) is 0. The van der Waals surface area contributed by atoms with Gasteiger partial charge in [-0.2, -0.15) is 0 Å². The zero-order chi connectivity index (χ0) is 19.7. The molecule has 0 aromatic heterocycles. The van der Waals surface area contributed by atoms with E-state index in [-0.39, 0.29) is 18.3 Å². The topological polar surface area (TPSA) is 58.5 Å². The Morgan fingerprint density at radius 1 is 1.00 bits per heavy atom. The van der Waals surface area contributed by atoms with Crippen LogP contribution in [0.3, 0.4) is 0 Å². The molecule has 0 radical (unpaired) electrons. The fraction of sp³-hybridized carbons (Fsp3) is 0.667. The molecule has 0 N–H and O–H groups in total. The molecule has 5 atom stereocenters. The van der Waals surface area contributed by atoms with Gasteiger partial charge in [0.1, 0.15) is 18.3 Å². The lowest BCUT2D eigenvalue weighted by Crippen LogP contribution is -2.52. The van der Waals surface area contributed by atoms with E-state index in [0.717, 1.165) is 22.7 Å². The molecule has 1 aromatic rings. The van der Waals surface area contributed by atoms with Crippen LogP contribution in [0.15, 0.2) is 34.2 Å². The second-order valence-electron chi connectivity index (χ2n) is 8.90. The molecule has 0 amide bonds. The molecule has 0 saturated carbocycles. The minimum atomic E-state index is -0.683. The lowest BCUT2D eigenvalue weighted by molar-refractivity contribution is -0.224. The molecule has 7 heteroatoms. The third kappa shape index (κ3) is 3.04. The third-order valence-electron chi connectivity index (χ3n) is 5.68. The molecule has 4 aliphatic heterocycles. The van der Waals surface area contributed by atoms with Crippen molar-refractivity contribution in [3.63, 3.8) is 0 Å². The van der Waals surface area contributed by atoms with Crippen LogP contribution in [0.4, 0.5) is 5.69 Å². The second-order valence-corrected chi connectivity index (χ2v) is 10.3. The summed E-state index contributed by atoms with van der Waals surface area (Å²) in [5.41, 5.74) is 2.05. The summed E-state index contributed by atoms with van der Waals surface area (Å²) < 4.78 is 30.7. The van der Waals surface area contributed by atoms with Crippen molar-refractivity contribution in [2.75, 3.05) is 6.61 Å². The predicted octanol–water partition coefficient (Wildman–Crippen LogP) is 4.04. The number of para-hydroxylation sites is 1. The maximum absolute atomic E-state index is 6.48. The van der Waals surface area contributed by atoms with E-state index < -0.39 is 22.6 Å². The van der Waals surface area contributed by atoms with Gasteiger partial charge in [0.25, 0.3) is 0 Å². The van der Waals surface area contributed by atoms with Crippen LogP contribution in [-0.2, 0) is 23.7 Å². The number of hydrogen-bond acceptors (Lipinski definition) is 7. The van der Waals surface area contributed by atoms with Crippen LogP contribution in [0, 0.1) is 0 Å². The van der Waals surface area contributed by atoms with E-state index in [0.29, 0.717) is 6.61 Å². The summed E-state index contributed by atoms with van der Waals surface area (Å²) in [6.07, 6.45) is -0.347. The summed E-state index contributed by atoms with van der Waals surface area (Å²) in [4.78, 5) is 6.00. The van der Waals surface area contributed by atoms with Crippen molar-refractivity contribution in [2.24, 2.45) is 4.99 Å². The van der Waals surface area contributed by atoms with Gasteiger partial charge in [-0.3, -0.25) is 4.99 Å². The van der Waals surface area contributed by atoms with Crippen LogP contribution in [0.1, 0.15) is 41.0 Å². The molecule has 0 unspecified atom stereocenters. The number of hydrogen-bond donors (Lipinski definition) is 0. The summed E-state index contributed by atoms with van der Waals surface area (Å²) in [5.74, 6) is -1.30. The van der Waals surface area contributed by atoms with Crippen molar-refractivity contribution in [1.29, 1.82) is 0 Å². The van der Waals surface area contributed by atoms with Gasteiger partial charge in [0.05, 0.1) is 17.0 Å². The Bertz CT molecular complexity index is 825. The van der Waals surface area contributed by atoms with Crippen LogP contribution in [0.25, 0.3) is 0 Å². The molecule has 0 bridgehead atoms. The maximum Gasteiger partial charge on any atom is 0.189 e. The van der Waals surface area contributed by atoms with E-state index in [1.54, 1.807) is 11.8 Å². The first-order valence-corrected chi connectivity index (χ1v) is 10.6. The van der Waals surface area contributed by atoms with E-state index in [4.69, 9.17) is 28.7 Å². The van der Waals surface area contributed by atoms with Crippen molar-refractivity contribution < 1.29 is 23.7 Å². The monoisotopic (exact) mass is 405 g/mol. The summed E-state index contributed by atoms with van der Waals surface area (Å²) in [7, 11) is 0. The highest BCUT2D eigenvalue weighted by Crippen LogP contribution is 2.57. The molecule has 4 heterocycles. The van der Waals surface area contributed by atoms with Crippen LogP contribution < -0.4 is 0 Å². The van der Waals surface area contributed by atoms with Crippen LogP contribution in [0.2, 0.25) is 0 Å². The molecular formula is C21H27NO5S. The van der Waals surface area contributed by atoms with Gasteiger partial charge in [0.15, 0.2) is 17.9 Å². The molecule has 28 heavy (non-hydrogen) atoms. The fourth-order valence-corrected chi connectivity index (χ4v) is 6.34. The second kappa shape index (κ2) is 6.27. The summed E-state index contributed by atoms with van der Waals surface area (Å²) in [6.45, 7) is 10.3. The predicted molar refractivity (Wildman–Crippen MR) is 106 cm³/mol. The van der Waals surface area contributed by atoms with Gasteiger partial charge in [0.2, 0.25) is 0 Å². The van der Waals surface area contributed by atoms with Gasteiger partial charge in [-0.25, -0.2) is 0 Å². The van der Waals surface area contributed by atoms with Gasteiger partial charge in [-0.05, 0) is 46.8 Å². The Kier molecular flexibility index (Phi) is 4.26. The van der Waals surface area contributed by atoms with Gasteiger partial charge in [-0.15, -0.1) is 11.8 Å². The first-order valence-electron chi connectivity index (χ1n) is 9.83. The molecular weight excluding hydrogens is 378 g/mol. The van der Waals surface area contributed by atoms with Crippen molar-refractivity contribution in [3.05, 3.63) is 24.3 Å². The van der Waals surface area contributed by atoms with Crippen LogP contribution >= 0.6 is 11.8 Å². The number of thioether (sulfide) groups is 1. The zero-order valence-corrected chi connectivity index (χ0v) is 17.7. The Balaban J connectivity index is 1.59. The van der Waals surface area contributed by atoms with Crippen molar-refractivity contribution in [2.45, 2.75) is 86.9 Å². The Hall–Kier alpha value is -0.960. The number of rotatable bonds is 1. The lowest BCUT2D eigenvalue weighted by atomic mass is 9.88. The molecule has 3 saturated heterocycles. The smallest absolute Gasteiger partial charge is 0.189 e. The normalized spacial score (nSPS) is 40.8. The molecule has 6 nitrogen and oxygen atoms in total. The SMILES string of the molecule is CC1=Nc2ccccc2S[C@@]2(C1)[C@@H]([C@@H]1COC(C)(C)O1)O[C@H]1OC(C)(C)O[C@@H]12. The molecule has 1 spiro atoms. The van der Waals surface area contributed by atoms with Gasteiger partial charge < -0.3 is 23.7 Å². The number of fused-ring (bicyclic) bond motifs is 3. The maximum atomic E-state index is 6.48. The fourth-order valence-electron chi connectivity index (χ4n) is 4.69. The third-order valence-corrected chi connectivity index (χ3v) is 7.23. The first-order chi connectivity index (χ1) is 13.2. The lowest BCUT2D eigenvalue weighted by Gasteiger charge is -2.39. The largest absolute Gasteiger partial charge is 0.348 e. The minimum absolute atomic E-state index is 0.193. The Morgan fingerprint density at radius 3 is 2.54 bits per heavy atom. The standard InChI is InChI=1S/C21H27NO5S/c1-12-10-21(28-15-9-7-6-8-13(15)22-12)16(14-11-23-19(2,3)25-14)24-18-17(21)26-20(4,5)27-18/h6-9,14,16-18H,10-11H2,1-5H3/t14-,16+,17-,18-,21-/m0/s1. The number of nitrogens with zero attached hydrogens (tertiary/aromatic N) is 1. The number of ether oxygens (including phenoxy) is 5. The van der Waals surface area contributed by atoms with Crippen molar-refractivity contribution in [1.82, 2.24) is 0 Å². The highest BCUT2D eigenvalue weighted by Gasteiger charge is 2.67. The summed E-state index contributed by atoms with van der Waals surface area (Å²) >= 11 is 1.78. The molecule has 5 rings (SSSR count). The molecule has 1 aromatic carbocycles. The summed E-state index contributed by atoms with van der Waals surface area (Å²) in [6, 6.07) is 8.24.